The second kappa shape index (κ2) is 5.03. The summed E-state index contributed by atoms with van der Waals surface area (Å²) >= 11 is 1.68. The van der Waals surface area contributed by atoms with Crippen LogP contribution in [0.1, 0.15) is 5.89 Å². The quantitative estimate of drug-likeness (QED) is 0.761. The lowest BCUT2D eigenvalue weighted by molar-refractivity contribution is 0.390. The molecule has 2 aromatic rings. The van der Waals surface area contributed by atoms with Crippen LogP contribution in [0, 0.1) is 0 Å². The van der Waals surface area contributed by atoms with E-state index in [1.165, 1.54) is 4.90 Å². The molecule has 1 aromatic heterocycles. The van der Waals surface area contributed by atoms with Gasteiger partial charge in [0.25, 0.3) is 5.95 Å². The molecule has 0 unspecified atom stereocenters. The summed E-state index contributed by atoms with van der Waals surface area (Å²) in [6, 6.07) is 10.2. The topological polar surface area (TPSA) is 42.2 Å². The Hall–Kier alpha value is -1.49. The fourth-order valence-corrected chi connectivity index (χ4v) is 1.90. The summed E-state index contributed by atoms with van der Waals surface area (Å²) in [6.45, 7) is 0. The van der Waals surface area contributed by atoms with E-state index in [-0.39, 0.29) is 0 Å². The highest BCUT2D eigenvalue weighted by atomic mass is 32.2. The number of nitrogens with zero attached hydrogens (tertiary/aromatic N) is 3. The molecule has 2 rings (SSSR count). The van der Waals surface area contributed by atoms with Crippen LogP contribution in [0.15, 0.2) is 39.8 Å². The van der Waals surface area contributed by atoms with Crippen LogP contribution in [0.3, 0.4) is 0 Å². The number of aromatic nitrogens is 2. The maximum absolute atomic E-state index is 5.12. The predicted octanol–water partition coefficient (Wildman–Crippen LogP) is 2.43. The molecule has 84 valence electrons. The van der Waals surface area contributed by atoms with Crippen LogP contribution in [-0.2, 0) is 5.75 Å². The second-order valence-electron chi connectivity index (χ2n) is 3.48. The molecule has 0 N–H and O–H groups in total. The lowest BCUT2D eigenvalue weighted by Crippen LogP contribution is -2.10. The van der Waals surface area contributed by atoms with Crippen molar-refractivity contribution in [3.05, 3.63) is 36.2 Å². The maximum atomic E-state index is 5.12. The van der Waals surface area contributed by atoms with Gasteiger partial charge in [0.2, 0.25) is 5.89 Å². The molecule has 0 aliphatic rings. The summed E-state index contributed by atoms with van der Waals surface area (Å²) in [5.41, 5.74) is 0. The lowest BCUT2D eigenvalue weighted by atomic mass is 10.4. The summed E-state index contributed by atoms with van der Waals surface area (Å²) in [5.74, 6) is 1.96. The van der Waals surface area contributed by atoms with Gasteiger partial charge in [-0.2, -0.15) is 4.98 Å². The van der Waals surface area contributed by atoms with Gasteiger partial charge in [-0.05, 0) is 17.3 Å². The average molecular weight is 235 g/mol. The molecule has 4 nitrogen and oxygen atoms in total. The van der Waals surface area contributed by atoms with E-state index in [1.54, 1.807) is 11.8 Å². The van der Waals surface area contributed by atoms with Gasteiger partial charge in [0, 0.05) is 19.0 Å². The zero-order valence-electron chi connectivity index (χ0n) is 9.25. The molecule has 0 saturated carbocycles. The third kappa shape index (κ3) is 2.76. The highest BCUT2D eigenvalue weighted by molar-refractivity contribution is 7.98. The van der Waals surface area contributed by atoms with Gasteiger partial charge in [-0.15, -0.1) is 11.8 Å². The van der Waals surface area contributed by atoms with Gasteiger partial charge in [0.15, 0.2) is 0 Å². The standard InChI is InChI=1S/C11H13N3OS/c1-14(2)11-12-10(15-13-11)8-16-9-6-4-3-5-7-9/h3-7H,8H2,1-2H3. The Labute approximate surface area is 98.7 Å². The molecular weight excluding hydrogens is 222 g/mol. The van der Waals surface area contributed by atoms with E-state index >= 15 is 0 Å². The summed E-state index contributed by atoms with van der Waals surface area (Å²) in [5, 5.41) is 3.85. The first-order chi connectivity index (χ1) is 7.75. The van der Waals surface area contributed by atoms with Crippen LogP contribution in [0.4, 0.5) is 5.95 Å². The first-order valence-corrected chi connectivity index (χ1v) is 5.92. The van der Waals surface area contributed by atoms with Crippen LogP contribution in [0.2, 0.25) is 0 Å². The van der Waals surface area contributed by atoms with Crippen molar-refractivity contribution >= 4 is 17.7 Å². The van der Waals surface area contributed by atoms with E-state index in [4.69, 9.17) is 4.52 Å². The molecule has 0 aliphatic heterocycles. The molecule has 0 atom stereocenters. The molecule has 0 saturated heterocycles. The molecule has 0 amide bonds. The molecular formula is C11H13N3OS. The van der Waals surface area contributed by atoms with Gasteiger partial charge < -0.3 is 9.42 Å². The fraction of sp³-hybridized carbons (Fsp3) is 0.273. The van der Waals surface area contributed by atoms with E-state index in [1.807, 2.05) is 37.2 Å². The van der Waals surface area contributed by atoms with Crippen LogP contribution >= 0.6 is 11.8 Å². The number of hydrogen-bond donors (Lipinski definition) is 0. The van der Waals surface area contributed by atoms with Crippen molar-refractivity contribution in [1.29, 1.82) is 0 Å². The minimum absolute atomic E-state index is 0.615. The van der Waals surface area contributed by atoms with Crippen molar-refractivity contribution in [3.8, 4) is 0 Å². The normalized spacial score (nSPS) is 10.4. The predicted molar refractivity (Wildman–Crippen MR) is 64.6 cm³/mol. The van der Waals surface area contributed by atoms with E-state index in [0.717, 1.165) is 0 Å². The third-order valence-corrected chi connectivity index (χ3v) is 2.96. The van der Waals surface area contributed by atoms with Gasteiger partial charge in [0.05, 0.1) is 5.75 Å². The summed E-state index contributed by atoms with van der Waals surface area (Å²) in [6.07, 6.45) is 0. The molecule has 16 heavy (non-hydrogen) atoms. The van der Waals surface area contributed by atoms with Crippen molar-refractivity contribution in [3.63, 3.8) is 0 Å². The lowest BCUT2D eigenvalue weighted by Gasteiger charge is -2.02. The molecule has 0 bridgehead atoms. The number of thioether (sulfide) groups is 1. The fourth-order valence-electron chi connectivity index (χ4n) is 1.15. The average Bonchev–Trinajstić information content (AvgIpc) is 2.76. The Morgan fingerprint density at radius 3 is 2.62 bits per heavy atom. The number of rotatable bonds is 4. The minimum atomic E-state index is 0.615. The Morgan fingerprint density at radius 2 is 2.00 bits per heavy atom. The van der Waals surface area contributed by atoms with Gasteiger partial charge in [-0.1, -0.05) is 18.2 Å². The van der Waals surface area contributed by atoms with Crippen LogP contribution in [0.5, 0.6) is 0 Å². The minimum Gasteiger partial charge on any atom is -0.344 e. The van der Waals surface area contributed by atoms with Gasteiger partial charge >= 0.3 is 0 Å². The van der Waals surface area contributed by atoms with E-state index in [9.17, 15) is 0 Å². The first-order valence-electron chi connectivity index (χ1n) is 4.93. The van der Waals surface area contributed by atoms with E-state index in [2.05, 4.69) is 22.3 Å². The zero-order valence-corrected chi connectivity index (χ0v) is 10.1. The van der Waals surface area contributed by atoms with Gasteiger partial charge in [-0.3, -0.25) is 0 Å². The summed E-state index contributed by atoms with van der Waals surface area (Å²) in [4.78, 5) is 7.27. The summed E-state index contributed by atoms with van der Waals surface area (Å²) in [7, 11) is 3.78. The maximum Gasteiger partial charge on any atom is 0.265 e. The van der Waals surface area contributed by atoms with Crippen LogP contribution in [-0.4, -0.2) is 24.2 Å². The molecule has 0 aliphatic carbocycles. The third-order valence-electron chi connectivity index (χ3n) is 1.96. The Balaban J connectivity index is 1.95. The molecule has 0 fully saturated rings. The van der Waals surface area contributed by atoms with Crippen molar-refractivity contribution in [2.75, 3.05) is 19.0 Å². The number of anilines is 1. The van der Waals surface area contributed by atoms with E-state index in [0.29, 0.717) is 17.6 Å². The first kappa shape index (κ1) is 11.0. The monoisotopic (exact) mass is 235 g/mol. The van der Waals surface area contributed by atoms with Gasteiger partial charge in [0.1, 0.15) is 0 Å². The molecule has 0 spiro atoms. The molecule has 5 heteroatoms. The van der Waals surface area contributed by atoms with Crippen molar-refractivity contribution in [1.82, 2.24) is 10.1 Å². The molecule has 0 radical (unpaired) electrons. The van der Waals surface area contributed by atoms with Crippen molar-refractivity contribution < 1.29 is 4.52 Å². The number of hydrogen-bond acceptors (Lipinski definition) is 5. The Bertz CT molecular complexity index is 442. The smallest absolute Gasteiger partial charge is 0.265 e. The molecule has 1 heterocycles. The van der Waals surface area contributed by atoms with Crippen molar-refractivity contribution in [2.45, 2.75) is 10.6 Å². The van der Waals surface area contributed by atoms with Crippen LogP contribution in [0.25, 0.3) is 0 Å². The second-order valence-corrected chi connectivity index (χ2v) is 4.53. The largest absolute Gasteiger partial charge is 0.344 e. The van der Waals surface area contributed by atoms with E-state index < -0.39 is 0 Å². The van der Waals surface area contributed by atoms with Gasteiger partial charge in [-0.25, -0.2) is 0 Å². The summed E-state index contributed by atoms with van der Waals surface area (Å²) < 4.78 is 5.12. The molecule has 1 aromatic carbocycles. The highest BCUT2D eigenvalue weighted by Gasteiger charge is 2.07. The Kier molecular flexibility index (Phi) is 3.46. The Morgan fingerprint density at radius 1 is 1.25 bits per heavy atom. The highest BCUT2D eigenvalue weighted by Crippen LogP contribution is 2.21. The SMILES string of the molecule is CN(C)c1noc(CSc2ccccc2)n1. The van der Waals surface area contributed by atoms with Crippen LogP contribution < -0.4 is 4.90 Å². The number of benzene rings is 1. The van der Waals surface area contributed by atoms with Crippen molar-refractivity contribution in [2.24, 2.45) is 0 Å². The zero-order chi connectivity index (χ0) is 11.4.